The van der Waals surface area contributed by atoms with Crippen LogP contribution in [-0.4, -0.2) is 59.1 Å². The van der Waals surface area contributed by atoms with Crippen LogP contribution in [0.3, 0.4) is 0 Å². The lowest BCUT2D eigenvalue weighted by Gasteiger charge is -2.38. The first-order valence-electron chi connectivity index (χ1n) is 9.45. The fourth-order valence-electron chi connectivity index (χ4n) is 3.81. The van der Waals surface area contributed by atoms with E-state index < -0.39 is 10.0 Å². The van der Waals surface area contributed by atoms with Crippen LogP contribution in [0, 0.1) is 0 Å². The molecule has 4 heterocycles. The van der Waals surface area contributed by atoms with Crippen molar-refractivity contribution in [1.29, 1.82) is 0 Å². The summed E-state index contributed by atoms with van der Waals surface area (Å²) in [7, 11) is -1.39. The molecule has 1 fully saturated rings. The monoisotopic (exact) mass is 432 g/mol. The lowest BCUT2D eigenvalue weighted by atomic mass is 10.1. The number of thiophene rings is 1. The van der Waals surface area contributed by atoms with E-state index in [0.29, 0.717) is 26.2 Å². The fourth-order valence-corrected chi connectivity index (χ4v) is 5.91. The summed E-state index contributed by atoms with van der Waals surface area (Å²) in [5.41, 5.74) is 1.98. The summed E-state index contributed by atoms with van der Waals surface area (Å²) in [6.45, 7) is 4.41. The highest BCUT2D eigenvalue weighted by atomic mass is 32.2. The van der Waals surface area contributed by atoms with E-state index in [2.05, 4.69) is 9.88 Å². The van der Waals surface area contributed by atoms with E-state index in [9.17, 15) is 13.2 Å². The van der Waals surface area contributed by atoms with Crippen LogP contribution in [-0.2, 0) is 23.6 Å². The third-order valence-corrected chi connectivity index (χ3v) is 7.85. The number of nitrogens with zero attached hydrogens (tertiary/aromatic N) is 4. The van der Waals surface area contributed by atoms with Crippen molar-refractivity contribution in [3.8, 4) is 11.1 Å². The topological polar surface area (TPSA) is 75.5 Å². The molecule has 4 rings (SSSR count). The SMILES string of the molecule is C[C@H]1CN(S(C)(=O)=O)CCN1Cc1cc2c(=O)n(C)cc(-c3cccnc3)c2s1. The number of hydrogen-bond donors (Lipinski definition) is 0. The van der Waals surface area contributed by atoms with Crippen LogP contribution in [0.2, 0.25) is 0 Å². The molecule has 0 unspecified atom stereocenters. The van der Waals surface area contributed by atoms with E-state index in [4.69, 9.17) is 0 Å². The maximum Gasteiger partial charge on any atom is 0.259 e. The van der Waals surface area contributed by atoms with Crippen LogP contribution >= 0.6 is 11.3 Å². The summed E-state index contributed by atoms with van der Waals surface area (Å²) in [4.78, 5) is 20.3. The fraction of sp³-hybridized carbons (Fsp3) is 0.400. The van der Waals surface area contributed by atoms with Gasteiger partial charge in [-0.15, -0.1) is 11.3 Å². The van der Waals surface area contributed by atoms with Crippen LogP contribution in [0.1, 0.15) is 11.8 Å². The van der Waals surface area contributed by atoms with Gasteiger partial charge in [0.25, 0.3) is 5.56 Å². The minimum atomic E-state index is -3.16. The zero-order chi connectivity index (χ0) is 20.8. The third-order valence-electron chi connectivity index (χ3n) is 5.43. The molecule has 0 aliphatic carbocycles. The molecular formula is C20H24N4O3S2. The Morgan fingerprint density at radius 1 is 1.31 bits per heavy atom. The summed E-state index contributed by atoms with van der Waals surface area (Å²) in [5, 5.41) is 0.719. The molecule has 7 nitrogen and oxygen atoms in total. The second kappa shape index (κ2) is 7.64. The van der Waals surface area contributed by atoms with Gasteiger partial charge in [-0.3, -0.25) is 14.7 Å². The van der Waals surface area contributed by atoms with Gasteiger partial charge in [-0.25, -0.2) is 8.42 Å². The molecule has 0 spiro atoms. The van der Waals surface area contributed by atoms with E-state index in [-0.39, 0.29) is 11.6 Å². The average Bonchev–Trinajstić information content (AvgIpc) is 3.10. The number of fused-ring (bicyclic) bond motifs is 1. The molecule has 29 heavy (non-hydrogen) atoms. The molecule has 0 amide bonds. The van der Waals surface area contributed by atoms with Gasteiger partial charge in [0.05, 0.1) is 11.6 Å². The van der Waals surface area contributed by atoms with E-state index in [0.717, 1.165) is 26.1 Å². The molecule has 0 radical (unpaired) electrons. The summed E-state index contributed by atoms with van der Waals surface area (Å²) in [6.07, 6.45) is 6.68. The standard InChI is InChI=1S/C20H24N4O3S2/c1-14-11-24(29(3,26)27)8-7-23(14)12-16-9-17-19(28-16)18(13-22(2)20(17)25)15-5-4-6-21-10-15/h4-6,9-10,13-14H,7-8,11-12H2,1-3H3/t14-/m0/s1. The van der Waals surface area contributed by atoms with Crippen LogP contribution in [0.15, 0.2) is 41.6 Å². The first-order chi connectivity index (χ1) is 13.7. The Morgan fingerprint density at radius 2 is 2.10 bits per heavy atom. The van der Waals surface area contributed by atoms with Crippen molar-refractivity contribution in [1.82, 2.24) is 18.8 Å². The van der Waals surface area contributed by atoms with Gasteiger partial charge in [-0.1, -0.05) is 6.07 Å². The Bertz CT molecular complexity index is 1200. The van der Waals surface area contributed by atoms with Gasteiger partial charge in [-0.2, -0.15) is 4.31 Å². The zero-order valence-electron chi connectivity index (χ0n) is 16.7. The zero-order valence-corrected chi connectivity index (χ0v) is 18.3. The maximum atomic E-state index is 12.7. The number of hydrogen-bond acceptors (Lipinski definition) is 6. The summed E-state index contributed by atoms with van der Waals surface area (Å²) in [6, 6.07) is 5.99. The average molecular weight is 433 g/mol. The van der Waals surface area contributed by atoms with E-state index in [1.165, 1.54) is 10.6 Å². The number of pyridine rings is 2. The van der Waals surface area contributed by atoms with Gasteiger partial charge in [0, 0.05) is 78.6 Å². The van der Waals surface area contributed by atoms with Gasteiger partial charge in [0.2, 0.25) is 10.0 Å². The van der Waals surface area contributed by atoms with Crippen LogP contribution in [0.4, 0.5) is 0 Å². The van der Waals surface area contributed by atoms with Crippen molar-refractivity contribution in [3.63, 3.8) is 0 Å². The Hall–Kier alpha value is -2.07. The highest BCUT2D eigenvalue weighted by Gasteiger charge is 2.29. The lowest BCUT2D eigenvalue weighted by Crippen LogP contribution is -2.52. The molecule has 0 bridgehead atoms. The van der Waals surface area contributed by atoms with Crippen molar-refractivity contribution >= 4 is 31.4 Å². The number of aryl methyl sites for hydroxylation is 1. The lowest BCUT2D eigenvalue weighted by molar-refractivity contribution is 0.123. The van der Waals surface area contributed by atoms with Crippen LogP contribution in [0.25, 0.3) is 21.2 Å². The largest absolute Gasteiger partial charge is 0.317 e. The first-order valence-corrected chi connectivity index (χ1v) is 12.1. The maximum absolute atomic E-state index is 12.7. The van der Waals surface area contributed by atoms with Gasteiger partial charge in [-0.05, 0) is 19.1 Å². The van der Waals surface area contributed by atoms with Crippen molar-refractivity contribution in [2.45, 2.75) is 19.5 Å². The predicted molar refractivity (Wildman–Crippen MR) is 117 cm³/mol. The van der Waals surface area contributed by atoms with Gasteiger partial charge in [0.15, 0.2) is 0 Å². The molecule has 1 aliphatic heterocycles. The smallest absolute Gasteiger partial charge is 0.259 e. The second-order valence-corrected chi connectivity index (χ2v) is 10.7. The number of rotatable bonds is 4. The number of aromatic nitrogens is 2. The van der Waals surface area contributed by atoms with E-state index >= 15 is 0 Å². The molecular weight excluding hydrogens is 408 g/mol. The molecule has 0 aromatic carbocycles. The highest BCUT2D eigenvalue weighted by Crippen LogP contribution is 2.33. The predicted octanol–water partition coefficient (Wildman–Crippen LogP) is 2.13. The Morgan fingerprint density at radius 3 is 2.76 bits per heavy atom. The molecule has 154 valence electrons. The molecule has 3 aromatic rings. The van der Waals surface area contributed by atoms with E-state index in [1.807, 2.05) is 37.5 Å². The van der Waals surface area contributed by atoms with Crippen molar-refractivity contribution in [3.05, 3.63) is 52.0 Å². The Balaban J connectivity index is 1.66. The minimum Gasteiger partial charge on any atom is -0.317 e. The first kappa shape index (κ1) is 20.2. The van der Waals surface area contributed by atoms with Gasteiger partial charge >= 0.3 is 0 Å². The molecule has 1 atom stereocenters. The molecule has 9 heteroatoms. The highest BCUT2D eigenvalue weighted by molar-refractivity contribution is 7.88. The quantitative estimate of drug-likeness (QED) is 0.631. The normalized spacial score (nSPS) is 19.1. The molecule has 1 aliphatic rings. The van der Waals surface area contributed by atoms with Crippen molar-refractivity contribution in [2.75, 3.05) is 25.9 Å². The Kier molecular flexibility index (Phi) is 5.32. The summed E-state index contributed by atoms with van der Waals surface area (Å²) in [5.74, 6) is 0. The molecule has 1 saturated heterocycles. The van der Waals surface area contributed by atoms with E-state index in [1.54, 1.807) is 29.1 Å². The van der Waals surface area contributed by atoms with Crippen molar-refractivity contribution < 1.29 is 8.42 Å². The van der Waals surface area contributed by atoms with Gasteiger partial charge < -0.3 is 4.57 Å². The Labute approximate surface area is 174 Å². The number of sulfonamides is 1. The third kappa shape index (κ3) is 4.00. The molecule has 3 aromatic heterocycles. The van der Waals surface area contributed by atoms with Crippen molar-refractivity contribution in [2.24, 2.45) is 7.05 Å². The summed E-state index contributed by atoms with van der Waals surface area (Å²) < 4.78 is 27.8. The molecule has 0 saturated carbocycles. The minimum absolute atomic E-state index is 0.00918. The second-order valence-electron chi connectivity index (χ2n) is 7.60. The van der Waals surface area contributed by atoms with Crippen LogP contribution in [0.5, 0.6) is 0 Å². The number of piperazine rings is 1. The van der Waals surface area contributed by atoms with Crippen LogP contribution < -0.4 is 5.56 Å². The molecule has 0 N–H and O–H groups in total. The summed E-state index contributed by atoms with van der Waals surface area (Å²) >= 11 is 1.63. The van der Waals surface area contributed by atoms with Gasteiger partial charge in [0.1, 0.15) is 0 Å².